The van der Waals surface area contributed by atoms with Crippen LogP contribution in [0, 0.1) is 11.3 Å². The highest BCUT2D eigenvalue weighted by molar-refractivity contribution is 6.32. The maximum Gasteiger partial charge on any atom is 0.253 e. The summed E-state index contributed by atoms with van der Waals surface area (Å²) in [4.78, 5) is 13.6. The molecule has 1 aromatic carbocycles. The fourth-order valence-electron chi connectivity index (χ4n) is 1.77. The van der Waals surface area contributed by atoms with Gasteiger partial charge in [0.15, 0.2) is 11.5 Å². The van der Waals surface area contributed by atoms with Gasteiger partial charge in [-0.05, 0) is 12.1 Å². The molecule has 0 saturated heterocycles. The number of hydrogen-bond donors (Lipinski definition) is 0. The molecule has 0 fully saturated rings. The molecule has 0 spiro atoms. The standard InChI is InChI=1S/C13H13ClN2O3/c1-16(4-2-3-15)13(17)9-7-10(14)12-11(8-9)18-5-6-19-12/h7-8H,2,4-6H2,1H3. The lowest BCUT2D eigenvalue weighted by Gasteiger charge is -2.21. The molecule has 5 nitrogen and oxygen atoms in total. The van der Waals surface area contributed by atoms with Gasteiger partial charge in [-0.25, -0.2) is 0 Å². The van der Waals surface area contributed by atoms with Crippen LogP contribution in [-0.2, 0) is 0 Å². The van der Waals surface area contributed by atoms with E-state index in [0.717, 1.165) is 0 Å². The van der Waals surface area contributed by atoms with Crippen molar-refractivity contribution in [2.24, 2.45) is 0 Å². The molecule has 0 N–H and O–H groups in total. The van der Waals surface area contributed by atoms with Gasteiger partial charge in [-0.15, -0.1) is 0 Å². The number of amides is 1. The van der Waals surface area contributed by atoms with Crippen LogP contribution in [0.3, 0.4) is 0 Å². The Morgan fingerprint density at radius 2 is 2.21 bits per heavy atom. The summed E-state index contributed by atoms with van der Waals surface area (Å²) in [6.45, 7) is 1.26. The van der Waals surface area contributed by atoms with Gasteiger partial charge in [0.1, 0.15) is 13.2 Å². The second kappa shape index (κ2) is 5.81. The molecule has 0 atom stereocenters. The molecule has 0 aromatic heterocycles. The van der Waals surface area contributed by atoms with Crippen LogP contribution in [-0.4, -0.2) is 37.6 Å². The molecule has 0 aliphatic carbocycles. The molecular weight excluding hydrogens is 268 g/mol. The molecule has 0 bridgehead atoms. The minimum atomic E-state index is -0.200. The third-order valence-electron chi connectivity index (χ3n) is 2.75. The van der Waals surface area contributed by atoms with E-state index in [1.165, 1.54) is 4.90 Å². The topological polar surface area (TPSA) is 62.6 Å². The second-order valence-corrected chi connectivity index (χ2v) is 4.52. The average Bonchev–Trinajstić information content (AvgIpc) is 2.43. The van der Waals surface area contributed by atoms with Crippen molar-refractivity contribution in [1.29, 1.82) is 5.26 Å². The number of carbonyl (C=O) groups excluding carboxylic acids is 1. The zero-order chi connectivity index (χ0) is 13.8. The van der Waals surface area contributed by atoms with Gasteiger partial charge in [0.05, 0.1) is 17.5 Å². The van der Waals surface area contributed by atoms with E-state index in [-0.39, 0.29) is 5.91 Å². The lowest BCUT2D eigenvalue weighted by molar-refractivity contribution is 0.0797. The van der Waals surface area contributed by atoms with Gasteiger partial charge in [0.2, 0.25) is 0 Å². The summed E-state index contributed by atoms with van der Waals surface area (Å²) in [5.41, 5.74) is 0.426. The van der Waals surface area contributed by atoms with E-state index in [0.29, 0.717) is 48.3 Å². The predicted molar refractivity (Wildman–Crippen MR) is 69.6 cm³/mol. The molecule has 1 amide bonds. The van der Waals surface area contributed by atoms with Crippen LogP contribution in [0.5, 0.6) is 11.5 Å². The zero-order valence-electron chi connectivity index (χ0n) is 10.5. The van der Waals surface area contributed by atoms with E-state index in [4.69, 9.17) is 26.3 Å². The molecule has 1 aliphatic rings. The summed E-state index contributed by atoms with van der Waals surface area (Å²) in [6.07, 6.45) is 0.292. The summed E-state index contributed by atoms with van der Waals surface area (Å²) < 4.78 is 10.8. The minimum absolute atomic E-state index is 0.200. The lowest BCUT2D eigenvalue weighted by Crippen LogP contribution is -2.27. The summed E-state index contributed by atoms with van der Waals surface area (Å²) in [7, 11) is 1.64. The van der Waals surface area contributed by atoms with E-state index < -0.39 is 0 Å². The Hall–Kier alpha value is -1.93. The van der Waals surface area contributed by atoms with Gasteiger partial charge in [-0.2, -0.15) is 5.26 Å². The van der Waals surface area contributed by atoms with Crippen LogP contribution < -0.4 is 9.47 Å². The van der Waals surface area contributed by atoms with E-state index in [9.17, 15) is 4.79 Å². The Morgan fingerprint density at radius 3 is 2.95 bits per heavy atom. The quantitative estimate of drug-likeness (QED) is 0.850. The van der Waals surface area contributed by atoms with Crippen LogP contribution in [0.4, 0.5) is 0 Å². The zero-order valence-corrected chi connectivity index (χ0v) is 11.2. The van der Waals surface area contributed by atoms with Gasteiger partial charge < -0.3 is 14.4 Å². The number of benzene rings is 1. The summed E-state index contributed by atoms with van der Waals surface area (Å²) in [5, 5.41) is 8.88. The number of fused-ring (bicyclic) bond motifs is 1. The van der Waals surface area contributed by atoms with E-state index in [1.54, 1.807) is 19.2 Å². The van der Waals surface area contributed by atoms with Crippen molar-refractivity contribution in [1.82, 2.24) is 4.90 Å². The lowest BCUT2D eigenvalue weighted by atomic mass is 10.1. The van der Waals surface area contributed by atoms with Crippen molar-refractivity contribution < 1.29 is 14.3 Å². The monoisotopic (exact) mass is 280 g/mol. The Labute approximate surface area is 116 Å². The second-order valence-electron chi connectivity index (χ2n) is 4.12. The number of nitrogens with zero attached hydrogens (tertiary/aromatic N) is 2. The highest BCUT2D eigenvalue weighted by Crippen LogP contribution is 2.38. The average molecular weight is 281 g/mol. The van der Waals surface area contributed by atoms with Crippen molar-refractivity contribution in [3.8, 4) is 17.6 Å². The number of rotatable bonds is 3. The SMILES string of the molecule is CN(CCC#N)C(=O)c1cc(Cl)c2c(c1)OCCO2. The predicted octanol–water partition coefficient (Wildman–Crippen LogP) is 2.10. The highest BCUT2D eigenvalue weighted by atomic mass is 35.5. The number of halogens is 1. The molecule has 0 unspecified atom stereocenters. The smallest absolute Gasteiger partial charge is 0.253 e. The first kappa shape index (κ1) is 13.5. The highest BCUT2D eigenvalue weighted by Gasteiger charge is 2.20. The van der Waals surface area contributed by atoms with Crippen LogP contribution >= 0.6 is 11.6 Å². The van der Waals surface area contributed by atoms with Crippen molar-refractivity contribution in [2.75, 3.05) is 26.8 Å². The first-order valence-corrected chi connectivity index (χ1v) is 6.23. The van der Waals surface area contributed by atoms with E-state index >= 15 is 0 Å². The van der Waals surface area contributed by atoms with Crippen LogP contribution in [0.1, 0.15) is 16.8 Å². The van der Waals surface area contributed by atoms with Gasteiger partial charge in [0.25, 0.3) is 5.91 Å². The van der Waals surface area contributed by atoms with Gasteiger partial charge in [-0.3, -0.25) is 4.79 Å². The minimum Gasteiger partial charge on any atom is -0.486 e. The van der Waals surface area contributed by atoms with Gasteiger partial charge in [0, 0.05) is 19.2 Å². The normalized spacial score (nSPS) is 12.7. The summed E-state index contributed by atoms with van der Waals surface area (Å²) >= 11 is 6.07. The van der Waals surface area contributed by atoms with Gasteiger partial charge >= 0.3 is 0 Å². The molecule has 100 valence electrons. The van der Waals surface area contributed by atoms with Gasteiger partial charge in [-0.1, -0.05) is 11.6 Å². The Kier molecular flexibility index (Phi) is 4.13. The fraction of sp³-hybridized carbons (Fsp3) is 0.385. The number of hydrogen-bond acceptors (Lipinski definition) is 4. The Bertz CT molecular complexity index is 539. The molecular formula is C13H13ClN2O3. The van der Waals surface area contributed by atoms with Crippen molar-refractivity contribution in [2.45, 2.75) is 6.42 Å². The van der Waals surface area contributed by atoms with E-state index in [2.05, 4.69) is 0 Å². The number of carbonyl (C=O) groups is 1. The fourth-order valence-corrected chi connectivity index (χ4v) is 2.04. The first-order chi connectivity index (χ1) is 9.13. The van der Waals surface area contributed by atoms with E-state index in [1.807, 2.05) is 6.07 Å². The third-order valence-corrected chi connectivity index (χ3v) is 3.03. The third kappa shape index (κ3) is 2.91. The maximum absolute atomic E-state index is 12.2. The summed E-state index contributed by atoms with van der Waals surface area (Å²) in [5.74, 6) is 0.758. The number of nitriles is 1. The molecule has 0 radical (unpaired) electrons. The number of ether oxygens (including phenoxy) is 2. The van der Waals surface area contributed by atoms with Crippen molar-refractivity contribution in [3.63, 3.8) is 0 Å². The Morgan fingerprint density at radius 1 is 1.47 bits per heavy atom. The Balaban J connectivity index is 2.23. The van der Waals surface area contributed by atoms with Crippen LogP contribution in [0.25, 0.3) is 0 Å². The molecule has 19 heavy (non-hydrogen) atoms. The molecule has 1 heterocycles. The molecule has 0 saturated carbocycles. The maximum atomic E-state index is 12.2. The largest absolute Gasteiger partial charge is 0.486 e. The molecule has 1 aromatic rings. The molecule has 2 rings (SSSR count). The van der Waals surface area contributed by atoms with Crippen LogP contribution in [0.15, 0.2) is 12.1 Å². The van der Waals surface area contributed by atoms with Crippen molar-refractivity contribution in [3.05, 3.63) is 22.7 Å². The van der Waals surface area contributed by atoms with Crippen molar-refractivity contribution >= 4 is 17.5 Å². The van der Waals surface area contributed by atoms with Crippen LogP contribution in [0.2, 0.25) is 5.02 Å². The first-order valence-electron chi connectivity index (χ1n) is 5.85. The summed E-state index contributed by atoms with van der Waals surface area (Å²) in [6, 6.07) is 5.17. The molecule has 6 heteroatoms. The molecule has 1 aliphatic heterocycles.